The van der Waals surface area contributed by atoms with Crippen molar-refractivity contribution in [3.05, 3.63) is 34.3 Å². The summed E-state index contributed by atoms with van der Waals surface area (Å²) >= 11 is 9.26. The van der Waals surface area contributed by atoms with Crippen molar-refractivity contribution in [2.75, 3.05) is 19.6 Å². The van der Waals surface area contributed by atoms with Crippen LogP contribution in [0.3, 0.4) is 0 Å². The van der Waals surface area contributed by atoms with Crippen molar-refractivity contribution in [3.8, 4) is 0 Å². The monoisotopic (exact) mass is 262 g/mol. The van der Waals surface area contributed by atoms with Crippen LogP contribution in [-0.4, -0.2) is 19.6 Å². The van der Waals surface area contributed by atoms with Crippen LogP contribution >= 0.6 is 27.5 Å². The van der Waals surface area contributed by atoms with Crippen molar-refractivity contribution >= 4 is 27.5 Å². The predicted molar refractivity (Wildman–Crippen MR) is 59.5 cm³/mol. The van der Waals surface area contributed by atoms with Crippen LogP contribution in [0.15, 0.2) is 28.7 Å². The van der Waals surface area contributed by atoms with Crippen LogP contribution in [-0.2, 0) is 4.74 Å². The summed E-state index contributed by atoms with van der Waals surface area (Å²) in [6.07, 6.45) is 0. The van der Waals surface area contributed by atoms with Gasteiger partial charge in [0.05, 0.1) is 6.61 Å². The van der Waals surface area contributed by atoms with Crippen LogP contribution in [0.5, 0.6) is 0 Å². The van der Waals surface area contributed by atoms with E-state index >= 15 is 0 Å². The van der Waals surface area contributed by atoms with Crippen molar-refractivity contribution in [2.24, 2.45) is 0 Å². The number of ether oxygens (including phenoxy) is 1. The van der Waals surface area contributed by atoms with E-state index in [4.69, 9.17) is 16.3 Å². The van der Waals surface area contributed by atoms with E-state index in [0.29, 0.717) is 12.5 Å². The molecular weight excluding hydrogens is 251 g/mol. The fourth-order valence-corrected chi connectivity index (χ4v) is 1.88. The minimum absolute atomic E-state index is 0.282. The predicted octanol–water partition coefficient (Wildman–Crippen LogP) is 3.42. The van der Waals surface area contributed by atoms with Crippen LogP contribution in [0.1, 0.15) is 11.5 Å². The molecule has 1 unspecified atom stereocenters. The summed E-state index contributed by atoms with van der Waals surface area (Å²) in [6.45, 7) is 0.667. The molecule has 0 fully saturated rings. The number of halogens is 2. The zero-order valence-corrected chi connectivity index (χ0v) is 9.81. The Labute approximate surface area is 92.2 Å². The number of hydrogen-bond donors (Lipinski definition) is 0. The Morgan fingerprint density at radius 1 is 1.54 bits per heavy atom. The largest absolute Gasteiger partial charge is 0.384 e. The lowest BCUT2D eigenvalue weighted by molar-refractivity contribution is 0.185. The lowest BCUT2D eigenvalue weighted by Crippen LogP contribution is -2.07. The molecule has 3 heteroatoms. The SMILES string of the molecule is COCC(CCl)c1cccc(Br)c1. The van der Waals surface area contributed by atoms with E-state index < -0.39 is 0 Å². The molecule has 1 nitrogen and oxygen atoms in total. The molecule has 0 bridgehead atoms. The number of rotatable bonds is 4. The Morgan fingerprint density at radius 2 is 2.31 bits per heavy atom. The molecule has 1 rings (SSSR count). The highest BCUT2D eigenvalue weighted by Gasteiger charge is 2.09. The van der Waals surface area contributed by atoms with Gasteiger partial charge in [0.1, 0.15) is 0 Å². The molecule has 1 aromatic carbocycles. The third-order valence-electron chi connectivity index (χ3n) is 1.87. The van der Waals surface area contributed by atoms with Gasteiger partial charge in [-0.2, -0.15) is 0 Å². The average Bonchev–Trinajstić information content (AvgIpc) is 2.14. The van der Waals surface area contributed by atoms with Gasteiger partial charge in [-0.15, -0.1) is 11.6 Å². The number of hydrogen-bond acceptors (Lipinski definition) is 1. The summed E-state index contributed by atoms with van der Waals surface area (Å²) in [5.41, 5.74) is 1.21. The van der Waals surface area contributed by atoms with Crippen molar-refractivity contribution in [3.63, 3.8) is 0 Å². The first kappa shape index (κ1) is 11.0. The zero-order chi connectivity index (χ0) is 9.68. The fourth-order valence-electron chi connectivity index (χ4n) is 1.19. The summed E-state index contributed by atoms with van der Waals surface area (Å²) in [5.74, 6) is 0.869. The Hall–Kier alpha value is -0.0500. The van der Waals surface area contributed by atoms with E-state index in [2.05, 4.69) is 28.1 Å². The molecule has 0 N–H and O–H groups in total. The van der Waals surface area contributed by atoms with Crippen LogP contribution < -0.4 is 0 Å². The van der Waals surface area contributed by atoms with Gasteiger partial charge < -0.3 is 4.74 Å². The summed E-state index contributed by atoms with van der Waals surface area (Å²) in [7, 11) is 1.69. The molecule has 0 heterocycles. The molecule has 0 saturated heterocycles. The van der Waals surface area contributed by atoms with Crippen LogP contribution in [0.2, 0.25) is 0 Å². The minimum atomic E-state index is 0.282. The molecule has 72 valence electrons. The highest BCUT2D eigenvalue weighted by Crippen LogP contribution is 2.21. The highest BCUT2D eigenvalue weighted by atomic mass is 79.9. The molecule has 0 aromatic heterocycles. The van der Waals surface area contributed by atoms with E-state index in [-0.39, 0.29) is 5.92 Å². The minimum Gasteiger partial charge on any atom is -0.384 e. The van der Waals surface area contributed by atoms with Gasteiger partial charge in [0.15, 0.2) is 0 Å². The average molecular weight is 264 g/mol. The molecule has 0 aliphatic carbocycles. The van der Waals surface area contributed by atoms with Crippen LogP contribution in [0, 0.1) is 0 Å². The lowest BCUT2D eigenvalue weighted by atomic mass is 10.0. The second-order valence-corrected chi connectivity index (χ2v) is 4.09. The maximum absolute atomic E-state index is 5.84. The lowest BCUT2D eigenvalue weighted by Gasteiger charge is -2.12. The van der Waals surface area contributed by atoms with Gasteiger partial charge in [0, 0.05) is 23.4 Å². The third kappa shape index (κ3) is 3.29. The normalized spacial score (nSPS) is 12.8. The van der Waals surface area contributed by atoms with Gasteiger partial charge in [0.2, 0.25) is 0 Å². The van der Waals surface area contributed by atoms with E-state index in [0.717, 1.165) is 4.47 Å². The molecule has 0 spiro atoms. The molecule has 0 radical (unpaired) electrons. The summed E-state index contributed by atoms with van der Waals surface area (Å²) in [5, 5.41) is 0. The molecule has 0 aliphatic heterocycles. The molecule has 1 atom stereocenters. The maximum atomic E-state index is 5.84. The van der Waals surface area contributed by atoms with Crippen molar-refractivity contribution in [1.29, 1.82) is 0 Å². The van der Waals surface area contributed by atoms with Crippen molar-refractivity contribution in [1.82, 2.24) is 0 Å². The maximum Gasteiger partial charge on any atom is 0.0542 e. The van der Waals surface area contributed by atoms with Crippen LogP contribution in [0.4, 0.5) is 0 Å². The summed E-state index contributed by atoms with van der Waals surface area (Å²) in [6, 6.07) is 8.15. The Morgan fingerprint density at radius 3 is 2.85 bits per heavy atom. The summed E-state index contributed by atoms with van der Waals surface area (Å²) in [4.78, 5) is 0. The summed E-state index contributed by atoms with van der Waals surface area (Å²) < 4.78 is 6.17. The third-order valence-corrected chi connectivity index (χ3v) is 2.74. The Kier molecular flexibility index (Phi) is 4.78. The highest BCUT2D eigenvalue weighted by molar-refractivity contribution is 9.10. The van der Waals surface area contributed by atoms with E-state index in [9.17, 15) is 0 Å². The van der Waals surface area contributed by atoms with Crippen LogP contribution in [0.25, 0.3) is 0 Å². The van der Waals surface area contributed by atoms with Gasteiger partial charge in [-0.25, -0.2) is 0 Å². The molecule has 13 heavy (non-hydrogen) atoms. The molecule has 0 aliphatic rings. The second-order valence-electron chi connectivity index (χ2n) is 2.86. The number of methoxy groups -OCH3 is 1. The van der Waals surface area contributed by atoms with E-state index in [1.807, 2.05) is 12.1 Å². The smallest absolute Gasteiger partial charge is 0.0542 e. The first-order chi connectivity index (χ1) is 6.27. The quantitative estimate of drug-likeness (QED) is 0.757. The first-order valence-corrected chi connectivity index (χ1v) is 5.41. The second kappa shape index (κ2) is 5.63. The number of benzene rings is 1. The topological polar surface area (TPSA) is 9.23 Å². The van der Waals surface area contributed by atoms with Crippen molar-refractivity contribution in [2.45, 2.75) is 5.92 Å². The molecule has 1 aromatic rings. The van der Waals surface area contributed by atoms with Crippen molar-refractivity contribution < 1.29 is 4.74 Å². The van der Waals surface area contributed by atoms with Gasteiger partial charge in [-0.05, 0) is 17.7 Å². The molecule has 0 saturated carbocycles. The standard InChI is InChI=1S/C10H12BrClO/c1-13-7-9(6-12)8-3-2-4-10(11)5-8/h2-5,9H,6-7H2,1H3. The van der Waals surface area contributed by atoms with Gasteiger partial charge >= 0.3 is 0 Å². The zero-order valence-electron chi connectivity index (χ0n) is 7.47. The Bertz CT molecular complexity index is 265. The molecule has 0 amide bonds. The fraction of sp³-hybridized carbons (Fsp3) is 0.400. The van der Waals surface area contributed by atoms with E-state index in [1.54, 1.807) is 7.11 Å². The van der Waals surface area contributed by atoms with Gasteiger partial charge in [-0.1, -0.05) is 28.1 Å². The first-order valence-electron chi connectivity index (χ1n) is 4.08. The van der Waals surface area contributed by atoms with E-state index in [1.165, 1.54) is 5.56 Å². The van der Waals surface area contributed by atoms with Gasteiger partial charge in [0.25, 0.3) is 0 Å². The van der Waals surface area contributed by atoms with Gasteiger partial charge in [-0.3, -0.25) is 0 Å². The number of alkyl halides is 1. The molecular formula is C10H12BrClO. The Balaban J connectivity index is 2.78.